The average Bonchev–Trinajstić information content (AvgIpc) is 3.48. The number of hydrogen-bond acceptors (Lipinski definition) is 7. The highest BCUT2D eigenvalue weighted by Gasteiger charge is 2.29. The zero-order valence-electron chi connectivity index (χ0n) is 18.6. The van der Waals surface area contributed by atoms with Crippen LogP contribution >= 0.6 is 11.8 Å². The van der Waals surface area contributed by atoms with Gasteiger partial charge in [0.1, 0.15) is 0 Å². The monoisotopic (exact) mass is 457 g/mol. The number of aromatic nitrogens is 3. The molecule has 32 heavy (non-hydrogen) atoms. The van der Waals surface area contributed by atoms with Crippen LogP contribution in [0.1, 0.15) is 31.7 Å². The van der Waals surface area contributed by atoms with E-state index in [-0.39, 0.29) is 18.1 Å². The Balaban J connectivity index is 1.33. The minimum atomic E-state index is 0.120. The topological polar surface area (TPSA) is 72.7 Å². The molecule has 3 aliphatic rings. The van der Waals surface area contributed by atoms with Crippen molar-refractivity contribution in [2.45, 2.75) is 56.5 Å². The van der Waals surface area contributed by atoms with E-state index in [1.54, 1.807) is 0 Å². The first-order valence-corrected chi connectivity index (χ1v) is 12.6. The molecule has 0 saturated carbocycles. The molecule has 172 valence electrons. The SMILES string of the molecule is CC1CCc2ccccc2N1C(=O)CSc1nnc(N2CCOCC2)n1CC1CCCO1. The predicted molar refractivity (Wildman–Crippen MR) is 124 cm³/mol. The lowest BCUT2D eigenvalue weighted by molar-refractivity contribution is -0.116. The van der Waals surface area contributed by atoms with Crippen molar-refractivity contribution in [2.24, 2.45) is 0 Å². The molecule has 3 aliphatic heterocycles. The van der Waals surface area contributed by atoms with Crippen molar-refractivity contribution in [2.75, 3.05) is 48.5 Å². The van der Waals surface area contributed by atoms with Crippen LogP contribution in [0, 0.1) is 0 Å². The Hall–Kier alpha value is -2.10. The van der Waals surface area contributed by atoms with Gasteiger partial charge in [0.25, 0.3) is 0 Å². The third-order valence-corrected chi connectivity index (χ3v) is 7.47. The van der Waals surface area contributed by atoms with Gasteiger partial charge in [-0.2, -0.15) is 0 Å². The van der Waals surface area contributed by atoms with E-state index >= 15 is 0 Å². The largest absolute Gasteiger partial charge is 0.378 e. The van der Waals surface area contributed by atoms with Crippen LogP contribution in [-0.4, -0.2) is 71.5 Å². The van der Waals surface area contributed by atoms with Gasteiger partial charge in [0.15, 0.2) is 5.16 Å². The minimum Gasteiger partial charge on any atom is -0.378 e. The highest BCUT2D eigenvalue weighted by Crippen LogP contribution is 2.32. The van der Waals surface area contributed by atoms with Gasteiger partial charge in [0.2, 0.25) is 11.9 Å². The maximum absolute atomic E-state index is 13.3. The summed E-state index contributed by atoms with van der Waals surface area (Å²) in [4.78, 5) is 17.5. The van der Waals surface area contributed by atoms with Crippen LogP contribution in [-0.2, 0) is 27.2 Å². The van der Waals surface area contributed by atoms with Gasteiger partial charge in [-0.15, -0.1) is 10.2 Å². The van der Waals surface area contributed by atoms with Gasteiger partial charge >= 0.3 is 0 Å². The number of carbonyl (C=O) groups is 1. The average molecular weight is 458 g/mol. The second-order valence-electron chi connectivity index (χ2n) is 8.70. The molecule has 0 N–H and O–H groups in total. The summed E-state index contributed by atoms with van der Waals surface area (Å²) in [5, 5.41) is 9.77. The van der Waals surface area contributed by atoms with E-state index in [9.17, 15) is 4.79 Å². The Labute approximate surface area is 193 Å². The van der Waals surface area contributed by atoms with Gasteiger partial charge in [-0.25, -0.2) is 0 Å². The fourth-order valence-electron chi connectivity index (χ4n) is 4.80. The van der Waals surface area contributed by atoms with Gasteiger partial charge in [0.05, 0.1) is 31.6 Å². The standard InChI is InChI=1S/C23H31N5O3S/c1-17-8-9-18-5-2-3-7-20(18)28(17)21(29)16-32-23-25-24-22(26-10-13-30-14-11-26)27(23)15-19-6-4-12-31-19/h2-3,5,7,17,19H,4,6,8-16H2,1H3. The molecule has 1 aromatic carbocycles. The van der Waals surface area contributed by atoms with E-state index in [1.807, 2.05) is 17.0 Å². The summed E-state index contributed by atoms with van der Waals surface area (Å²) in [6, 6.07) is 8.45. The number of aryl methyl sites for hydroxylation is 1. The normalized spacial score (nSPS) is 23.4. The van der Waals surface area contributed by atoms with Crippen molar-refractivity contribution in [1.82, 2.24) is 14.8 Å². The number of fused-ring (bicyclic) bond motifs is 1. The number of ether oxygens (including phenoxy) is 2. The van der Waals surface area contributed by atoms with E-state index in [0.29, 0.717) is 19.0 Å². The Morgan fingerprint density at radius 3 is 2.81 bits per heavy atom. The van der Waals surface area contributed by atoms with Crippen LogP contribution in [0.25, 0.3) is 0 Å². The second kappa shape index (κ2) is 9.80. The lowest BCUT2D eigenvalue weighted by atomic mass is 9.97. The first kappa shape index (κ1) is 21.7. The molecule has 0 bridgehead atoms. The Morgan fingerprint density at radius 2 is 2.00 bits per heavy atom. The summed E-state index contributed by atoms with van der Waals surface area (Å²) in [6.07, 6.45) is 4.32. The summed E-state index contributed by atoms with van der Waals surface area (Å²) in [7, 11) is 0. The van der Waals surface area contributed by atoms with Crippen molar-refractivity contribution in [3.8, 4) is 0 Å². The van der Waals surface area contributed by atoms with Crippen LogP contribution < -0.4 is 9.80 Å². The highest BCUT2D eigenvalue weighted by molar-refractivity contribution is 7.99. The number of rotatable bonds is 6. The third-order valence-electron chi connectivity index (χ3n) is 6.52. The minimum absolute atomic E-state index is 0.120. The van der Waals surface area contributed by atoms with Crippen molar-refractivity contribution < 1.29 is 14.3 Å². The number of hydrogen-bond donors (Lipinski definition) is 0. The fourth-order valence-corrected chi connectivity index (χ4v) is 5.60. The number of thioether (sulfide) groups is 1. The van der Waals surface area contributed by atoms with E-state index in [0.717, 1.165) is 68.7 Å². The van der Waals surface area contributed by atoms with Crippen molar-refractivity contribution >= 4 is 29.3 Å². The molecular weight excluding hydrogens is 426 g/mol. The Bertz CT molecular complexity index is 939. The molecule has 0 radical (unpaired) electrons. The molecule has 1 aromatic heterocycles. The van der Waals surface area contributed by atoms with Crippen molar-refractivity contribution in [1.29, 1.82) is 0 Å². The molecule has 1 amide bonds. The molecule has 0 spiro atoms. The summed E-state index contributed by atoms with van der Waals surface area (Å²) in [6.45, 7) is 6.66. The molecule has 2 unspecified atom stereocenters. The lowest BCUT2D eigenvalue weighted by Crippen LogP contribution is -2.43. The molecule has 2 saturated heterocycles. The van der Waals surface area contributed by atoms with E-state index in [4.69, 9.17) is 9.47 Å². The first-order chi connectivity index (χ1) is 15.7. The fraction of sp³-hybridized carbons (Fsp3) is 0.609. The first-order valence-electron chi connectivity index (χ1n) is 11.6. The molecule has 4 heterocycles. The zero-order chi connectivity index (χ0) is 21.9. The van der Waals surface area contributed by atoms with Gasteiger partial charge in [-0.3, -0.25) is 9.36 Å². The number of morpholine rings is 1. The third kappa shape index (κ3) is 4.51. The van der Waals surface area contributed by atoms with E-state index in [1.165, 1.54) is 17.3 Å². The molecule has 2 fully saturated rings. The number of amides is 1. The van der Waals surface area contributed by atoms with Crippen molar-refractivity contribution in [3.05, 3.63) is 29.8 Å². The molecule has 2 aromatic rings. The lowest BCUT2D eigenvalue weighted by Gasteiger charge is -2.35. The van der Waals surface area contributed by atoms with Gasteiger partial charge in [0, 0.05) is 31.4 Å². The quantitative estimate of drug-likeness (QED) is 0.618. The van der Waals surface area contributed by atoms with Crippen molar-refractivity contribution in [3.63, 3.8) is 0 Å². The van der Waals surface area contributed by atoms with E-state index < -0.39 is 0 Å². The molecular formula is C23H31N5O3S. The van der Waals surface area contributed by atoms with Crippen LogP contribution in [0.2, 0.25) is 0 Å². The van der Waals surface area contributed by atoms with Gasteiger partial charge in [-0.05, 0) is 44.2 Å². The smallest absolute Gasteiger partial charge is 0.237 e. The predicted octanol–water partition coefficient (Wildman–Crippen LogP) is 2.75. The molecule has 9 heteroatoms. The second-order valence-corrected chi connectivity index (χ2v) is 9.64. The number of nitrogens with zero attached hydrogens (tertiary/aromatic N) is 5. The molecule has 8 nitrogen and oxygen atoms in total. The molecule has 0 aliphatic carbocycles. The van der Waals surface area contributed by atoms with E-state index in [2.05, 4.69) is 38.7 Å². The maximum atomic E-state index is 13.3. The molecule has 2 atom stereocenters. The summed E-state index contributed by atoms with van der Waals surface area (Å²) < 4.78 is 13.5. The van der Waals surface area contributed by atoms with Crippen LogP contribution in [0.3, 0.4) is 0 Å². The maximum Gasteiger partial charge on any atom is 0.237 e. The number of anilines is 2. The van der Waals surface area contributed by atoms with Crippen LogP contribution in [0.15, 0.2) is 29.4 Å². The van der Waals surface area contributed by atoms with Gasteiger partial charge < -0.3 is 19.3 Å². The number of para-hydroxylation sites is 1. The Kier molecular flexibility index (Phi) is 6.66. The highest BCUT2D eigenvalue weighted by atomic mass is 32.2. The van der Waals surface area contributed by atoms with Crippen LogP contribution in [0.4, 0.5) is 11.6 Å². The molecule has 5 rings (SSSR count). The summed E-state index contributed by atoms with van der Waals surface area (Å²) >= 11 is 1.48. The Morgan fingerprint density at radius 1 is 1.16 bits per heavy atom. The van der Waals surface area contributed by atoms with Crippen LogP contribution in [0.5, 0.6) is 0 Å². The number of benzene rings is 1. The zero-order valence-corrected chi connectivity index (χ0v) is 19.4. The summed E-state index contributed by atoms with van der Waals surface area (Å²) in [5.41, 5.74) is 2.30. The van der Waals surface area contributed by atoms with Gasteiger partial charge in [-0.1, -0.05) is 30.0 Å². The summed E-state index contributed by atoms with van der Waals surface area (Å²) in [5.74, 6) is 1.32. The number of carbonyl (C=O) groups excluding carboxylic acids is 1.